The molecule has 0 aromatic rings. The molecule has 1 aliphatic rings. The summed E-state index contributed by atoms with van der Waals surface area (Å²) in [6.07, 6.45) is 1.21. The highest BCUT2D eigenvalue weighted by molar-refractivity contribution is 4.67. The van der Waals surface area contributed by atoms with Crippen LogP contribution in [0.3, 0.4) is 0 Å². The van der Waals surface area contributed by atoms with Gasteiger partial charge in [0.05, 0.1) is 32.0 Å². The van der Waals surface area contributed by atoms with Crippen molar-refractivity contribution >= 4 is 0 Å². The van der Waals surface area contributed by atoms with Crippen LogP contribution in [-0.2, 0) is 9.47 Å². The zero-order valence-electron chi connectivity index (χ0n) is 8.16. The summed E-state index contributed by atoms with van der Waals surface area (Å²) in [6, 6.07) is 0.0607. The number of aliphatic hydroxyl groups excluding tert-OH is 1. The first-order valence-corrected chi connectivity index (χ1v) is 4.90. The minimum Gasteiger partial charge on any atom is -0.395 e. The Bertz CT molecular complexity index is 126. The minimum absolute atomic E-state index is 0.0607. The average molecular weight is 189 g/mol. The number of hydrogen-bond acceptors (Lipinski definition) is 4. The number of rotatable bonds is 6. The summed E-state index contributed by atoms with van der Waals surface area (Å²) in [7, 11) is 0. The quantitative estimate of drug-likeness (QED) is 0.605. The van der Waals surface area contributed by atoms with Gasteiger partial charge in [-0.3, -0.25) is 0 Å². The maximum Gasteiger partial charge on any atom is 0.0831 e. The number of hydrogen-bond donors (Lipinski definition) is 2. The van der Waals surface area contributed by atoms with Gasteiger partial charge in [-0.1, -0.05) is 6.92 Å². The van der Waals surface area contributed by atoms with Gasteiger partial charge in [0, 0.05) is 6.61 Å². The number of ether oxygens (including phenoxy) is 2. The molecule has 13 heavy (non-hydrogen) atoms. The topological polar surface area (TPSA) is 50.7 Å². The molecule has 0 aliphatic carbocycles. The third kappa shape index (κ3) is 4.04. The Morgan fingerprint density at radius 1 is 1.69 bits per heavy atom. The first-order chi connectivity index (χ1) is 6.36. The Kier molecular flexibility index (Phi) is 5.31. The van der Waals surface area contributed by atoms with Gasteiger partial charge in [-0.05, 0) is 13.0 Å². The van der Waals surface area contributed by atoms with Crippen molar-refractivity contribution in [3.63, 3.8) is 0 Å². The van der Waals surface area contributed by atoms with Crippen LogP contribution in [0.4, 0.5) is 0 Å². The number of nitrogens with one attached hydrogen (secondary N) is 1. The summed E-state index contributed by atoms with van der Waals surface area (Å²) < 4.78 is 10.7. The Labute approximate surface area is 79.2 Å². The molecule has 4 nitrogen and oxygen atoms in total. The maximum absolute atomic E-state index is 8.96. The van der Waals surface area contributed by atoms with E-state index in [1.54, 1.807) is 0 Å². The molecule has 78 valence electrons. The molecular formula is C9H19NO3. The molecule has 1 fully saturated rings. The highest BCUT2D eigenvalue weighted by Crippen LogP contribution is 2.08. The minimum atomic E-state index is 0.0607. The Morgan fingerprint density at radius 3 is 3.08 bits per heavy atom. The highest BCUT2D eigenvalue weighted by atomic mass is 16.5. The molecule has 0 saturated carbocycles. The van der Waals surface area contributed by atoms with Gasteiger partial charge in [0.2, 0.25) is 0 Å². The van der Waals surface area contributed by atoms with Crippen LogP contribution < -0.4 is 5.32 Å². The maximum atomic E-state index is 8.96. The molecule has 0 spiro atoms. The van der Waals surface area contributed by atoms with Crippen LogP contribution in [0.5, 0.6) is 0 Å². The second-order valence-electron chi connectivity index (χ2n) is 3.26. The van der Waals surface area contributed by atoms with Gasteiger partial charge in [0.1, 0.15) is 0 Å². The summed E-state index contributed by atoms with van der Waals surface area (Å²) in [4.78, 5) is 0. The van der Waals surface area contributed by atoms with E-state index < -0.39 is 0 Å². The van der Waals surface area contributed by atoms with Crippen LogP contribution in [0.2, 0.25) is 0 Å². The second-order valence-corrected chi connectivity index (χ2v) is 3.26. The smallest absolute Gasteiger partial charge is 0.0831 e. The molecule has 0 amide bonds. The van der Waals surface area contributed by atoms with Gasteiger partial charge in [-0.2, -0.15) is 0 Å². The van der Waals surface area contributed by atoms with Gasteiger partial charge in [-0.15, -0.1) is 0 Å². The largest absolute Gasteiger partial charge is 0.395 e. The normalized spacial score (nSPS) is 24.9. The molecule has 1 heterocycles. The lowest BCUT2D eigenvalue weighted by atomic mass is 10.3. The van der Waals surface area contributed by atoms with Crippen molar-refractivity contribution in [2.24, 2.45) is 0 Å². The van der Waals surface area contributed by atoms with E-state index in [2.05, 4.69) is 5.32 Å². The summed E-state index contributed by atoms with van der Waals surface area (Å²) in [5.41, 5.74) is 0. The standard InChI is InChI=1S/C9H19NO3/c1-2-10-8(5-11)6-13-9-3-4-12-7-9/h8-11H,2-7H2,1H3. The molecule has 1 saturated heterocycles. The van der Waals surface area contributed by atoms with Crippen molar-refractivity contribution < 1.29 is 14.6 Å². The molecule has 0 radical (unpaired) electrons. The van der Waals surface area contributed by atoms with Crippen molar-refractivity contribution in [2.45, 2.75) is 25.5 Å². The summed E-state index contributed by atoms with van der Waals surface area (Å²) >= 11 is 0. The summed E-state index contributed by atoms with van der Waals surface area (Å²) in [6.45, 7) is 5.07. The van der Waals surface area contributed by atoms with Crippen LogP contribution in [0.15, 0.2) is 0 Å². The summed E-state index contributed by atoms with van der Waals surface area (Å²) in [5, 5.41) is 12.1. The lowest BCUT2D eigenvalue weighted by Crippen LogP contribution is -2.37. The molecule has 2 atom stereocenters. The van der Waals surface area contributed by atoms with Crippen LogP contribution in [-0.4, -0.2) is 50.2 Å². The molecule has 1 aliphatic heterocycles. The van der Waals surface area contributed by atoms with Gasteiger partial charge >= 0.3 is 0 Å². The van der Waals surface area contributed by atoms with E-state index in [1.807, 2.05) is 6.92 Å². The second kappa shape index (κ2) is 6.32. The summed E-state index contributed by atoms with van der Waals surface area (Å²) in [5.74, 6) is 0. The fourth-order valence-electron chi connectivity index (χ4n) is 1.36. The van der Waals surface area contributed by atoms with Gasteiger partial charge in [0.25, 0.3) is 0 Å². The fourth-order valence-corrected chi connectivity index (χ4v) is 1.36. The predicted molar refractivity (Wildman–Crippen MR) is 49.7 cm³/mol. The van der Waals surface area contributed by atoms with E-state index >= 15 is 0 Å². The lowest BCUT2D eigenvalue weighted by molar-refractivity contribution is 0.0209. The van der Waals surface area contributed by atoms with E-state index in [9.17, 15) is 0 Å². The zero-order chi connectivity index (χ0) is 9.52. The van der Waals surface area contributed by atoms with Gasteiger partial charge in [0.15, 0.2) is 0 Å². The highest BCUT2D eigenvalue weighted by Gasteiger charge is 2.17. The van der Waals surface area contributed by atoms with Crippen LogP contribution in [0, 0.1) is 0 Å². The SMILES string of the molecule is CCNC(CO)COC1CCOC1. The zero-order valence-corrected chi connectivity index (χ0v) is 8.16. The van der Waals surface area contributed by atoms with Crippen LogP contribution in [0.25, 0.3) is 0 Å². The van der Waals surface area contributed by atoms with E-state index in [0.29, 0.717) is 13.2 Å². The van der Waals surface area contributed by atoms with Gasteiger partial charge < -0.3 is 19.9 Å². The van der Waals surface area contributed by atoms with E-state index in [4.69, 9.17) is 14.6 Å². The molecule has 0 aromatic carbocycles. The van der Waals surface area contributed by atoms with E-state index in [1.165, 1.54) is 0 Å². The predicted octanol–water partition coefficient (Wildman–Crippen LogP) is -0.238. The fraction of sp³-hybridized carbons (Fsp3) is 1.00. The third-order valence-electron chi connectivity index (χ3n) is 2.13. The Hall–Kier alpha value is -0.160. The molecular weight excluding hydrogens is 170 g/mol. The first kappa shape index (κ1) is 10.9. The number of aliphatic hydroxyl groups is 1. The molecule has 4 heteroatoms. The van der Waals surface area contributed by atoms with Crippen molar-refractivity contribution in [3.8, 4) is 0 Å². The Balaban J connectivity index is 2.07. The Morgan fingerprint density at radius 2 is 2.54 bits per heavy atom. The van der Waals surface area contributed by atoms with Crippen molar-refractivity contribution in [2.75, 3.05) is 33.0 Å². The van der Waals surface area contributed by atoms with Crippen molar-refractivity contribution in [3.05, 3.63) is 0 Å². The monoisotopic (exact) mass is 189 g/mol. The van der Waals surface area contributed by atoms with Crippen LogP contribution in [0.1, 0.15) is 13.3 Å². The van der Waals surface area contributed by atoms with Crippen LogP contribution >= 0.6 is 0 Å². The first-order valence-electron chi connectivity index (χ1n) is 4.90. The van der Waals surface area contributed by atoms with Gasteiger partial charge in [-0.25, -0.2) is 0 Å². The van der Waals surface area contributed by atoms with Crippen molar-refractivity contribution in [1.29, 1.82) is 0 Å². The van der Waals surface area contributed by atoms with E-state index in [0.717, 1.165) is 19.6 Å². The van der Waals surface area contributed by atoms with Crippen molar-refractivity contribution in [1.82, 2.24) is 5.32 Å². The molecule has 2 N–H and O–H groups in total. The molecule has 0 bridgehead atoms. The average Bonchev–Trinajstić information content (AvgIpc) is 2.64. The third-order valence-corrected chi connectivity index (χ3v) is 2.13. The molecule has 1 rings (SSSR count). The lowest BCUT2D eigenvalue weighted by Gasteiger charge is -2.17. The number of likely N-dealkylation sites (N-methyl/N-ethyl adjacent to an activating group) is 1. The van der Waals surface area contributed by atoms with E-state index in [-0.39, 0.29) is 18.8 Å². The molecule has 0 aromatic heterocycles. The molecule has 2 unspecified atom stereocenters.